The number of hydrogen-bond donors (Lipinski definition) is 0. The van der Waals surface area contributed by atoms with Gasteiger partial charge in [0.2, 0.25) is 0 Å². The number of nitrogens with zero attached hydrogens (tertiary/aromatic N) is 2. The van der Waals surface area contributed by atoms with E-state index in [1.807, 2.05) is 24.3 Å². The highest BCUT2D eigenvalue weighted by atomic mass is 32.2. The molecule has 0 aliphatic rings. The average molecular weight is 300 g/mol. The summed E-state index contributed by atoms with van der Waals surface area (Å²) in [6.45, 7) is 0. The van der Waals surface area contributed by atoms with Crippen molar-refractivity contribution in [1.82, 2.24) is 9.97 Å². The predicted octanol–water partition coefficient (Wildman–Crippen LogP) is 3.30. The molecule has 0 radical (unpaired) electrons. The van der Waals surface area contributed by atoms with Crippen LogP contribution in [0, 0.1) is 0 Å². The largest absolute Gasteiger partial charge is 0.465 e. The van der Waals surface area contributed by atoms with Gasteiger partial charge in [0.05, 0.1) is 18.4 Å². The van der Waals surface area contributed by atoms with Crippen molar-refractivity contribution in [3.63, 3.8) is 0 Å². The molecule has 1 aromatic carbocycles. The molecule has 0 spiro atoms. The lowest BCUT2D eigenvalue weighted by Gasteiger charge is -2.00. The molecule has 0 fully saturated rings. The first kappa shape index (κ1) is 13.6. The quantitative estimate of drug-likeness (QED) is 0.544. The summed E-state index contributed by atoms with van der Waals surface area (Å²) in [6.07, 6.45) is 1.51. The molecule has 0 saturated heterocycles. The van der Waals surface area contributed by atoms with Crippen molar-refractivity contribution in [3.8, 4) is 0 Å². The van der Waals surface area contributed by atoms with Gasteiger partial charge in [0.25, 0.3) is 5.22 Å². The van der Waals surface area contributed by atoms with Crippen LogP contribution < -0.4 is 0 Å². The van der Waals surface area contributed by atoms with E-state index < -0.39 is 0 Å². The Labute approximate surface area is 125 Å². The number of ether oxygens (including phenoxy) is 1. The molecule has 2 aromatic heterocycles. The summed E-state index contributed by atoms with van der Waals surface area (Å²) in [5.74, 6) is 0.231. The maximum absolute atomic E-state index is 11.3. The highest BCUT2D eigenvalue weighted by Gasteiger charge is 2.08. The summed E-state index contributed by atoms with van der Waals surface area (Å²) >= 11 is 1.46. The van der Waals surface area contributed by atoms with Crippen LogP contribution in [0.3, 0.4) is 0 Å². The molecule has 0 aliphatic heterocycles. The van der Waals surface area contributed by atoms with Crippen molar-refractivity contribution in [2.45, 2.75) is 11.0 Å². The Bertz CT molecular complexity index is 735. The SMILES string of the molecule is COC(=O)c1ccc(CSc2nc3ccccc3o2)nc1. The summed E-state index contributed by atoms with van der Waals surface area (Å²) in [5, 5.41) is 0.607. The molecule has 3 rings (SSSR count). The standard InChI is InChI=1S/C15H12N2O3S/c1-19-14(18)10-6-7-11(16-8-10)9-21-15-17-12-4-2-3-5-13(12)20-15/h2-8H,9H2,1H3. The molecule has 0 bridgehead atoms. The molecular weight excluding hydrogens is 288 g/mol. The zero-order chi connectivity index (χ0) is 14.7. The van der Waals surface area contributed by atoms with Crippen LogP contribution in [-0.2, 0) is 10.5 Å². The molecule has 6 heteroatoms. The molecule has 0 N–H and O–H groups in total. The Hall–Kier alpha value is -2.34. The van der Waals surface area contributed by atoms with Crippen LogP contribution in [0.4, 0.5) is 0 Å². The number of esters is 1. The fraction of sp³-hybridized carbons (Fsp3) is 0.133. The third kappa shape index (κ3) is 3.05. The molecular formula is C15H12N2O3S. The first-order chi connectivity index (χ1) is 10.3. The van der Waals surface area contributed by atoms with Crippen molar-refractivity contribution in [1.29, 1.82) is 0 Å². The van der Waals surface area contributed by atoms with Gasteiger partial charge in [-0.2, -0.15) is 0 Å². The third-order valence-corrected chi connectivity index (χ3v) is 3.73. The number of aromatic nitrogens is 2. The second-order valence-corrected chi connectivity index (χ2v) is 5.19. The van der Waals surface area contributed by atoms with E-state index in [2.05, 4.69) is 14.7 Å². The molecule has 0 aliphatic carbocycles. The van der Waals surface area contributed by atoms with Crippen LogP contribution in [0.1, 0.15) is 16.1 Å². The van der Waals surface area contributed by atoms with Crippen LogP contribution in [0.15, 0.2) is 52.2 Å². The minimum Gasteiger partial charge on any atom is -0.465 e. The maximum atomic E-state index is 11.3. The topological polar surface area (TPSA) is 65.2 Å². The molecule has 3 aromatic rings. The van der Waals surface area contributed by atoms with E-state index in [4.69, 9.17) is 4.42 Å². The Balaban J connectivity index is 1.68. The highest BCUT2D eigenvalue weighted by molar-refractivity contribution is 7.98. The van der Waals surface area contributed by atoms with Gasteiger partial charge in [0, 0.05) is 11.9 Å². The van der Waals surface area contributed by atoms with E-state index in [-0.39, 0.29) is 5.97 Å². The second kappa shape index (κ2) is 5.97. The van der Waals surface area contributed by atoms with E-state index in [1.165, 1.54) is 25.1 Å². The lowest BCUT2D eigenvalue weighted by Crippen LogP contribution is -2.02. The number of oxazole rings is 1. The van der Waals surface area contributed by atoms with Gasteiger partial charge in [-0.1, -0.05) is 23.9 Å². The number of fused-ring (bicyclic) bond motifs is 1. The van der Waals surface area contributed by atoms with Crippen LogP contribution in [-0.4, -0.2) is 23.0 Å². The Morgan fingerprint density at radius 3 is 2.86 bits per heavy atom. The predicted molar refractivity (Wildman–Crippen MR) is 79.1 cm³/mol. The van der Waals surface area contributed by atoms with Gasteiger partial charge in [-0.25, -0.2) is 9.78 Å². The number of methoxy groups -OCH3 is 1. The van der Waals surface area contributed by atoms with Gasteiger partial charge < -0.3 is 9.15 Å². The first-order valence-electron chi connectivity index (χ1n) is 6.28. The number of para-hydroxylation sites is 2. The van der Waals surface area contributed by atoms with Crippen molar-refractivity contribution in [3.05, 3.63) is 53.9 Å². The van der Waals surface area contributed by atoms with Gasteiger partial charge in [0.15, 0.2) is 5.58 Å². The molecule has 5 nitrogen and oxygen atoms in total. The van der Waals surface area contributed by atoms with Crippen molar-refractivity contribution in [2.75, 3.05) is 7.11 Å². The summed E-state index contributed by atoms with van der Waals surface area (Å²) in [5.41, 5.74) is 2.89. The molecule has 2 heterocycles. The number of pyridine rings is 1. The van der Waals surface area contributed by atoms with Crippen molar-refractivity contribution < 1.29 is 13.9 Å². The second-order valence-electron chi connectivity index (χ2n) is 4.27. The maximum Gasteiger partial charge on any atom is 0.339 e. The third-order valence-electron chi connectivity index (χ3n) is 2.86. The Morgan fingerprint density at radius 1 is 1.29 bits per heavy atom. The van der Waals surface area contributed by atoms with Gasteiger partial charge in [-0.05, 0) is 24.3 Å². The van der Waals surface area contributed by atoms with E-state index in [0.717, 1.165) is 16.8 Å². The summed E-state index contributed by atoms with van der Waals surface area (Å²) in [6, 6.07) is 11.1. The molecule has 0 unspecified atom stereocenters. The Kier molecular flexibility index (Phi) is 3.87. The number of rotatable bonds is 4. The summed E-state index contributed by atoms with van der Waals surface area (Å²) in [7, 11) is 1.35. The zero-order valence-electron chi connectivity index (χ0n) is 11.3. The first-order valence-corrected chi connectivity index (χ1v) is 7.26. The number of carbonyl (C=O) groups excluding carboxylic acids is 1. The molecule has 106 valence electrons. The highest BCUT2D eigenvalue weighted by Crippen LogP contribution is 2.25. The van der Waals surface area contributed by atoms with Crippen LogP contribution >= 0.6 is 11.8 Å². The minimum atomic E-state index is -0.388. The van der Waals surface area contributed by atoms with E-state index in [1.54, 1.807) is 12.1 Å². The van der Waals surface area contributed by atoms with E-state index in [0.29, 0.717) is 16.5 Å². The van der Waals surface area contributed by atoms with Gasteiger partial charge in [-0.3, -0.25) is 4.98 Å². The number of thioether (sulfide) groups is 1. The normalized spacial score (nSPS) is 10.7. The van der Waals surface area contributed by atoms with Crippen LogP contribution in [0.2, 0.25) is 0 Å². The monoisotopic (exact) mass is 300 g/mol. The molecule has 21 heavy (non-hydrogen) atoms. The zero-order valence-corrected chi connectivity index (χ0v) is 12.1. The van der Waals surface area contributed by atoms with Crippen LogP contribution in [0.5, 0.6) is 0 Å². The molecule has 0 amide bonds. The smallest absolute Gasteiger partial charge is 0.339 e. The fourth-order valence-corrected chi connectivity index (χ4v) is 2.55. The van der Waals surface area contributed by atoms with E-state index in [9.17, 15) is 4.79 Å². The molecule has 0 saturated carbocycles. The number of benzene rings is 1. The lowest BCUT2D eigenvalue weighted by atomic mass is 10.2. The summed E-state index contributed by atoms with van der Waals surface area (Å²) < 4.78 is 10.2. The van der Waals surface area contributed by atoms with Gasteiger partial charge >= 0.3 is 5.97 Å². The number of hydrogen-bond acceptors (Lipinski definition) is 6. The average Bonchev–Trinajstić information content (AvgIpc) is 2.95. The molecule has 0 atom stereocenters. The lowest BCUT2D eigenvalue weighted by molar-refractivity contribution is 0.0600. The minimum absolute atomic E-state index is 0.388. The fourth-order valence-electron chi connectivity index (χ4n) is 1.80. The summed E-state index contributed by atoms with van der Waals surface area (Å²) in [4.78, 5) is 19.9. The van der Waals surface area contributed by atoms with E-state index >= 15 is 0 Å². The van der Waals surface area contributed by atoms with Crippen molar-refractivity contribution in [2.24, 2.45) is 0 Å². The number of carbonyl (C=O) groups is 1. The Morgan fingerprint density at radius 2 is 2.14 bits per heavy atom. The van der Waals surface area contributed by atoms with Crippen molar-refractivity contribution >= 4 is 28.8 Å². The van der Waals surface area contributed by atoms with Gasteiger partial charge in [0.1, 0.15) is 5.52 Å². The van der Waals surface area contributed by atoms with Crippen LogP contribution in [0.25, 0.3) is 11.1 Å². The van der Waals surface area contributed by atoms with Gasteiger partial charge in [-0.15, -0.1) is 0 Å².